The van der Waals surface area contributed by atoms with Crippen LogP contribution in [0.3, 0.4) is 0 Å². The number of halogens is 1. The number of nitrogens with one attached hydrogen (secondary N) is 2. The molecule has 0 saturated carbocycles. The van der Waals surface area contributed by atoms with Crippen molar-refractivity contribution >= 4 is 44.8 Å². The molecule has 31 heavy (non-hydrogen) atoms. The quantitative estimate of drug-likeness (QED) is 0.688. The van der Waals surface area contributed by atoms with Gasteiger partial charge in [0.25, 0.3) is 5.91 Å². The number of nitrogens with zero attached hydrogens (tertiary/aromatic N) is 1. The number of carbonyl (C=O) groups excluding carboxylic acids is 2. The summed E-state index contributed by atoms with van der Waals surface area (Å²) in [6.07, 6.45) is 1.65. The maximum absolute atomic E-state index is 12.8. The molecule has 0 spiro atoms. The van der Waals surface area contributed by atoms with Gasteiger partial charge in [0.05, 0.1) is 15.5 Å². The number of sulfonamides is 1. The van der Waals surface area contributed by atoms with Crippen LogP contribution in [0.15, 0.2) is 47.4 Å². The van der Waals surface area contributed by atoms with Crippen LogP contribution in [0, 0.1) is 5.41 Å². The molecule has 2 aromatic carbocycles. The van der Waals surface area contributed by atoms with Crippen LogP contribution in [-0.2, 0) is 14.8 Å². The Morgan fingerprint density at radius 1 is 0.935 bits per heavy atom. The minimum absolute atomic E-state index is 0.0455. The van der Waals surface area contributed by atoms with Gasteiger partial charge in [-0.1, -0.05) is 32.4 Å². The molecule has 166 valence electrons. The molecule has 1 heterocycles. The van der Waals surface area contributed by atoms with E-state index in [0.29, 0.717) is 24.5 Å². The summed E-state index contributed by atoms with van der Waals surface area (Å²) in [7, 11) is -3.66. The van der Waals surface area contributed by atoms with Crippen molar-refractivity contribution in [1.82, 2.24) is 4.31 Å². The van der Waals surface area contributed by atoms with Crippen LogP contribution in [0.25, 0.3) is 0 Å². The molecule has 0 aliphatic carbocycles. The zero-order valence-electron chi connectivity index (χ0n) is 17.7. The fourth-order valence-electron chi connectivity index (χ4n) is 3.07. The van der Waals surface area contributed by atoms with Gasteiger partial charge in [-0.2, -0.15) is 4.31 Å². The fourth-order valence-corrected chi connectivity index (χ4v) is 4.82. The van der Waals surface area contributed by atoms with E-state index in [-0.39, 0.29) is 21.4 Å². The van der Waals surface area contributed by atoms with Gasteiger partial charge < -0.3 is 10.6 Å². The molecule has 1 fully saturated rings. The van der Waals surface area contributed by atoms with Crippen LogP contribution in [0.2, 0.25) is 5.02 Å². The van der Waals surface area contributed by atoms with Crippen LogP contribution < -0.4 is 10.6 Å². The summed E-state index contributed by atoms with van der Waals surface area (Å²) in [6.45, 7) is 6.41. The Morgan fingerprint density at radius 2 is 1.48 bits per heavy atom. The smallest absolute Gasteiger partial charge is 0.257 e. The molecule has 2 amide bonds. The summed E-state index contributed by atoms with van der Waals surface area (Å²) in [5, 5.41) is 5.68. The molecule has 0 bridgehead atoms. The highest BCUT2D eigenvalue weighted by Gasteiger charge is 2.28. The van der Waals surface area contributed by atoms with Crippen molar-refractivity contribution in [3.63, 3.8) is 0 Å². The lowest BCUT2D eigenvalue weighted by Gasteiger charge is -2.18. The van der Waals surface area contributed by atoms with Crippen molar-refractivity contribution in [2.75, 3.05) is 23.7 Å². The molecule has 9 heteroatoms. The molecule has 1 aliphatic rings. The first-order chi connectivity index (χ1) is 14.5. The predicted molar refractivity (Wildman–Crippen MR) is 122 cm³/mol. The molecule has 2 aromatic rings. The Labute approximate surface area is 187 Å². The lowest BCUT2D eigenvalue weighted by molar-refractivity contribution is -0.123. The molecule has 0 unspecified atom stereocenters. The number of hydrogen-bond donors (Lipinski definition) is 2. The second-order valence-corrected chi connectivity index (χ2v) is 10.8. The maximum Gasteiger partial charge on any atom is 0.257 e. The van der Waals surface area contributed by atoms with Gasteiger partial charge in [0.1, 0.15) is 0 Å². The third kappa shape index (κ3) is 5.44. The SMILES string of the molecule is CC(C)(C)C(=O)Nc1ccc(NC(=O)c2cc(S(=O)(=O)N3CCCC3)ccc2Cl)cc1. The maximum atomic E-state index is 12.8. The first-order valence-electron chi connectivity index (χ1n) is 10.0. The highest BCUT2D eigenvalue weighted by molar-refractivity contribution is 7.89. The van der Waals surface area contributed by atoms with Gasteiger partial charge in [0, 0.05) is 29.9 Å². The van der Waals surface area contributed by atoms with Gasteiger partial charge in [-0.15, -0.1) is 0 Å². The molecule has 0 aromatic heterocycles. The van der Waals surface area contributed by atoms with Gasteiger partial charge >= 0.3 is 0 Å². The number of benzene rings is 2. The third-order valence-corrected chi connectivity index (χ3v) is 7.19. The largest absolute Gasteiger partial charge is 0.326 e. The monoisotopic (exact) mass is 463 g/mol. The van der Waals surface area contributed by atoms with Gasteiger partial charge in [0.2, 0.25) is 15.9 Å². The first-order valence-corrected chi connectivity index (χ1v) is 11.8. The van der Waals surface area contributed by atoms with Crippen molar-refractivity contribution < 1.29 is 18.0 Å². The Kier molecular flexibility index (Phi) is 6.73. The number of hydrogen-bond acceptors (Lipinski definition) is 4. The molecule has 2 N–H and O–H groups in total. The number of amides is 2. The molecule has 0 radical (unpaired) electrons. The Hall–Kier alpha value is -2.42. The molecule has 1 aliphatic heterocycles. The zero-order valence-corrected chi connectivity index (χ0v) is 19.3. The predicted octanol–water partition coefficient (Wildman–Crippen LogP) is 4.36. The van der Waals surface area contributed by atoms with Crippen LogP contribution in [-0.4, -0.2) is 37.6 Å². The lowest BCUT2D eigenvalue weighted by Crippen LogP contribution is -2.28. The molecular weight excluding hydrogens is 438 g/mol. The van der Waals surface area contributed by atoms with Crippen LogP contribution in [0.1, 0.15) is 44.0 Å². The second-order valence-electron chi connectivity index (χ2n) is 8.49. The van der Waals surface area contributed by atoms with E-state index in [1.165, 1.54) is 22.5 Å². The summed E-state index contributed by atoms with van der Waals surface area (Å²) < 4.78 is 27.0. The van der Waals surface area contributed by atoms with Crippen LogP contribution in [0.4, 0.5) is 11.4 Å². The van der Waals surface area contributed by atoms with E-state index in [9.17, 15) is 18.0 Å². The third-order valence-electron chi connectivity index (χ3n) is 4.97. The van der Waals surface area contributed by atoms with E-state index in [0.717, 1.165) is 12.8 Å². The Morgan fingerprint density at radius 3 is 2.03 bits per heavy atom. The lowest BCUT2D eigenvalue weighted by atomic mass is 9.95. The van der Waals surface area contributed by atoms with Gasteiger partial charge in [-0.3, -0.25) is 9.59 Å². The average molecular weight is 464 g/mol. The van der Waals surface area contributed by atoms with E-state index < -0.39 is 21.3 Å². The second kappa shape index (κ2) is 8.98. The summed E-state index contributed by atoms with van der Waals surface area (Å²) >= 11 is 6.18. The summed E-state index contributed by atoms with van der Waals surface area (Å²) in [5.74, 6) is -0.637. The number of anilines is 2. The van der Waals surface area contributed by atoms with Crippen molar-refractivity contribution in [1.29, 1.82) is 0 Å². The molecular formula is C22H26ClN3O4S. The standard InChI is InChI=1S/C22H26ClN3O4S/c1-22(2,3)21(28)25-16-8-6-15(7-9-16)24-20(27)18-14-17(10-11-19(18)23)31(29,30)26-12-4-5-13-26/h6-11,14H,4-5,12-13H2,1-3H3,(H,24,27)(H,25,28). The van der Waals surface area contributed by atoms with Crippen molar-refractivity contribution in [3.05, 3.63) is 53.1 Å². The van der Waals surface area contributed by atoms with Crippen LogP contribution in [0.5, 0.6) is 0 Å². The highest BCUT2D eigenvalue weighted by atomic mass is 35.5. The summed E-state index contributed by atoms with van der Waals surface area (Å²) in [4.78, 5) is 24.9. The van der Waals surface area contributed by atoms with E-state index in [4.69, 9.17) is 11.6 Å². The fraction of sp³-hybridized carbons (Fsp3) is 0.364. The van der Waals surface area contributed by atoms with E-state index in [1.54, 1.807) is 24.3 Å². The first kappa shape index (κ1) is 23.2. The van der Waals surface area contributed by atoms with Crippen LogP contribution >= 0.6 is 11.6 Å². The summed E-state index contributed by atoms with van der Waals surface area (Å²) in [6, 6.07) is 10.8. The number of carbonyl (C=O) groups is 2. The summed E-state index contributed by atoms with van der Waals surface area (Å²) in [5.41, 5.74) is 0.647. The van der Waals surface area contributed by atoms with Crippen molar-refractivity contribution in [2.45, 2.75) is 38.5 Å². The topological polar surface area (TPSA) is 95.6 Å². The van der Waals surface area contributed by atoms with Gasteiger partial charge in [0.15, 0.2) is 0 Å². The molecule has 3 rings (SSSR count). The van der Waals surface area contributed by atoms with Crippen molar-refractivity contribution in [2.24, 2.45) is 5.41 Å². The van der Waals surface area contributed by atoms with E-state index >= 15 is 0 Å². The number of rotatable bonds is 5. The van der Waals surface area contributed by atoms with Gasteiger partial charge in [-0.05, 0) is 55.3 Å². The Balaban J connectivity index is 1.75. The minimum atomic E-state index is -3.66. The average Bonchev–Trinajstić information content (AvgIpc) is 3.24. The molecule has 7 nitrogen and oxygen atoms in total. The molecule has 1 saturated heterocycles. The highest BCUT2D eigenvalue weighted by Crippen LogP contribution is 2.26. The normalized spacial score (nSPS) is 15.0. The van der Waals surface area contributed by atoms with E-state index in [1.807, 2.05) is 20.8 Å². The molecule has 0 atom stereocenters. The Bertz CT molecular complexity index is 1090. The zero-order chi connectivity index (χ0) is 22.8. The van der Waals surface area contributed by atoms with Gasteiger partial charge in [-0.25, -0.2) is 8.42 Å². The van der Waals surface area contributed by atoms with E-state index in [2.05, 4.69) is 10.6 Å². The minimum Gasteiger partial charge on any atom is -0.326 e. The van der Waals surface area contributed by atoms with Crippen molar-refractivity contribution in [3.8, 4) is 0 Å².